The Labute approximate surface area is 104 Å². The summed E-state index contributed by atoms with van der Waals surface area (Å²) < 4.78 is 14.2. The maximum absolute atomic E-state index is 12.2. The maximum atomic E-state index is 12.2. The molecule has 1 heterocycles. The molecule has 1 fully saturated rings. The summed E-state index contributed by atoms with van der Waals surface area (Å²) in [5.41, 5.74) is 0. The van der Waals surface area contributed by atoms with Crippen LogP contribution in [0.25, 0.3) is 0 Å². The molecule has 0 saturated carbocycles. The number of carbonyl (C=O) groups is 1. The molecule has 0 aliphatic carbocycles. The molecule has 1 aliphatic heterocycles. The van der Waals surface area contributed by atoms with Crippen LogP contribution in [0.15, 0.2) is 0 Å². The molecule has 1 N–H and O–H groups in total. The van der Waals surface area contributed by atoms with Crippen LogP contribution in [-0.4, -0.2) is 64.3 Å². The van der Waals surface area contributed by atoms with Crippen molar-refractivity contribution in [2.75, 3.05) is 33.1 Å². The lowest BCUT2D eigenvalue weighted by molar-refractivity contribution is -0.130. The lowest BCUT2D eigenvalue weighted by Crippen LogP contribution is -2.48. The van der Waals surface area contributed by atoms with E-state index >= 15 is 0 Å². The van der Waals surface area contributed by atoms with E-state index < -0.39 is 9.71 Å². The van der Waals surface area contributed by atoms with Gasteiger partial charge in [-0.15, -0.1) is 0 Å². The number of rotatable bonds is 4. The molecule has 0 aromatic heterocycles. The predicted molar refractivity (Wildman–Crippen MR) is 72.2 cm³/mol. The van der Waals surface area contributed by atoms with Crippen molar-refractivity contribution in [1.82, 2.24) is 14.5 Å². The number of carbonyl (C=O) groups excluding carboxylic acids is 1. The fraction of sp³-hybridized carbons (Fsp3) is 0.818. The molecule has 1 rings (SSSR count). The number of amides is 1. The summed E-state index contributed by atoms with van der Waals surface area (Å²) in [5, 5.41) is 2.91. The van der Waals surface area contributed by atoms with Crippen LogP contribution in [-0.2, 0) is 14.5 Å². The predicted octanol–water partition coefficient (Wildman–Crippen LogP) is -0.263. The Morgan fingerprint density at radius 1 is 1.53 bits per heavy atom. The molecule has 0 aromatic rings. The van der Waals surface area contributed by atoms with Crippen molar-refractivity contribution in [3.63, 3.8) is 0 Å². The van der Waals surface area contributed by atoms with E-state index in [1.165, 1.54) is 0 Å². The van der Waals surface area contributed by atoms with Crippen molar-refractivity contribution >= 4 is 21.5 Å². The lowest BCUT2D eigenvalue weighted by Gasteiger charge is -2.37. The third kappa shape index (κ3) is 3.69. The zero-order valence-electron chi connectivity index (χ0n) is 10.9. The van der Waals surface area contributed by atoms with Gasteiger partial charge in [-0.05, 0) is 25.8 Å². The smallest absolute Gasteiger partial charge is 0.219 e. The highest BCUT2D eigenvalue weighted by molar-refractivity contribution is 7.98. The van der Waals surface area contributed by atoms with Gasteiger partial charge in [-0.1, -0.05) is 0 Å². The van der Waals surface area contributed by atoms with Crippen LogP contribution in [0.4, 0.5) is 0 Å². The molecule has 6 heteroatoms. The first-order chi connectivity index (χ1) is 7.88. The van der Waals surface area contributed by atoms with E-state index in [1.54, 1.807) is 18.9 Å². The molecule has 1 atom stereocenters. The molecule has 1 unspecified atom stereocenters. The van der Waals surface area contributed by atoms with Crippen molar-refractivity contribution in [3.05, 3.63) is 0 Å². The molecule has 5 nitrogen and oxygen atoms in total. The Hall–Kier alpha value is -0.590. The Kier molecular flexibility index (Phi) is 4.97. The van der Waals surface area contributed by atoms with E-state index in [-0.39, 0.29) is 11.9 Å². The highest BCUT2D eigenvalue weighted by atomic mass is 32.2. The molecular formula is C11H23N3O2S. The van der Waals surface area contributed by atoms with Crippen molar-refractivity contribution < 1.29 is 9.00 Å². The summed E-state index contributed by atoms with van der Waals surface area (Å²) in [7, 11) is 1.43. The summed E-state index contributed by atoms with van der Waals surface area (Å²) in [6.45, 7) is 3.07. The maximum Gasteiger partial charge on any atom is 0.219 e. The normalized spacial score (nSPS) is 22.1. The van der Waals surface area contributed by atoms with Gasteiger partial charge in [0.15, 0.2) is 0 Å². The molecule has 0 spiro atoms. The van der Waals surface area contributed by atoms with Gasteiger partial charge in [0.2, 0.25) is 5.91 Å². The molecule has 0 aromatic carbocycles. The van der Waals surface area contributed by atoms with Crippen molar-refractivity contribution in [1.29, 1.82) is 0 Å². The molecule has 1 saturated heterocycles. The Morgan fingerprint density at radius 3 is 2.47 bits per heavy atom. The standard InChI is InChI=1S/C11H23N3O2S/c1-10(15)13(3)11-5-7-14(8-6-11)17(4,16)9-12-2/h11-12H,4-9H2,1-3H3. The second kappa shape index (κ2) is 5.84. The van der Waals surface area contributed by atoms with Gasteiger partial charge >= 0.3 is 0 Å². The number of piperidine rings is 1. The highest BCUT2D eigenvalue weighted by Gasteiger charge is 2.27. The van der Waals surface area contributed by atoms with E-state index in [0.717, 1.165) is 25.9 Å². The monoisotopic (exact) mass is 261 g/mol. The Bertz CT molecular complexity index is 359. The number of nitrogens with one attached hydrogen (secondary N) is 1. The topological polar surface area (TPSA) is 52.7 Å². The second-order valence-electron chi connectivity index (χ2n) is 4.56. The fourth-order valence-electron chi connectivity index (χ4n) is 2.14. The molecular weight excluding hydrogens is 238 g/mol. The number of nitrogens with zero attached hydrogens (tertiary/aromatic N) is 2. The SMILES string of the molecule is C=S(=O)(CNC)N1CCC(N(C)C(C)=O)CC1. The summed E-state index contributed by atoms with van der Waals surface area (Å²) >= 11 is 0. The van der Waals surface area contributed by atoms with Gasteiger partial charge in [0.25, 0.3) is 0 Å². The summed E-state index contributed by atoms with van der Waals surface area (Å²) in [6, 6.07) is 0.272. The molecule has 0 radical (unpaired) electrons. The first-order valence-corrected chi connectivity index (χ1v) is 7.72. The van der Waals surface area contributed by atoms with Crippen LogP contribution in [0, 0.1) is 0 Å². The van der Waals surface area contributed by atoms with Crippen LogP contribution in [0.2, 0.25) is 0 Å². The van der Waals surface area contributed by atoms with Gasteiger partial charge in [-0.25, -0.2) is 4.31 Å². The van der Waals surface area contributed by atoms with Crippen LogP contribution in [0.3, 0.4) is 0 Å². The van der Waals surface area contributed by atoms with E-state index in [1.807, 2.05) is 11.4 Å². The third-order valence-corrected chi connectivity index (χ3v) is 5.35. The van der Waals surface area contributed by atoms with Crippen molar-refractivity contribution in [2.24, 2.45) is 0 Å². The van der Waals surface area contributed by atoms with Crippen LogP contribution >= 0.6 is 0 Å². The molecule has 0 bridgehead atoms. The second-order valence-corrected chi connectivity index (χ2v) is 6.91. The summed E-state index contributed by atoms with van der Waals surface area (Å²) in [6.07, 6.45) is 1.73. The van der Waals surface area contributed by atoms with Crippen molar-refractivity contribution in [3.8, 4) is 0 Å². The first kappa shape index (κ1) is 14.5. The molecule has 100 valence electrons. The van der Waals surface area contributed by atoms with E-state index in [4.69, 9.17) is 0 Å². The molecule has 1 amide bonds. The zero-order chi connectivity index (χ0) is 13.1. The van der Waals surface area contributed by atoms with Crippen LogP contribution < -0.4 is 5.32 Å². The van der Waals surface area contributed by atoms with Gasteiger partial charge < -0.3 is 10.2 Å². The fourth-order valence-corrected chi connectivity index (χ4v) is 3.65. The van der Waals surface area contributed by atoms with Crippen LogP contribution in [0.5, 0.6) is 0 Å². The average molecular weight is 261 g/mol. The summed E-state index contributed by atoms with van der Waals surface area (Å²) in [4.78, 5) is 13.0. The lowest BCUT2D eigenvalue weighted by atomic mass is 10.1. The van der Waals surface area contributed by atoms with Crippen LogP contribution in [0.1, 0.15) is 19.8 Å². The minimum Gasteiger partial charge on any atom is -0.343 e. The van der Waals surface area contributed by atoms with Gasteiger partial charge in [0.1, 0.15) is 0 Å². The van der Waals surface area contributed by atoms with Gasteiger partial charge in [-0.3, -0.25) is 9.00 Å². The first-order valence-electron chi connectivity index (χ1n) is 5.86. The average Bonchev–Trinajstić information content (AvgIpc) is 2.28. The quantitative estimate of drug-likeness (QED) is 0.709. The zero-order valence-corrected chi connectivity index (χ0v) is 11.8. The van der Waals surface area contributed by atoms with Crippen molar-refractivity contribution in [2.45, 2.75) is 25.8 Å². The Morgan fingerprint density at radius 2 is 2.06 bits per heavy atom. The minimum atomic E-state index is -2.18. The summed E-state index contributed by atoms with van der Waals surface area (Å²) in [5.74, 6) is 4.31. The van der Waals surface area contributed by atoms with Gasteiger partial charge in [-0.2, -0.15) is 0 Å². The number of hydrogen-bond acceptors (Lipinski definition) is 3. The molecule has 1 aliphatic rings. The largest absolute Gasteiger partial charge is 0.343 e. The minimum absolute atomic E-state index is 0.0917. The Balaban J connectivity index is 2.54. The van der Waals surface area contributed by atoms with E-state index in [9.17, 15) is 9.00 Å². The van der Waals surface area contributed by atoms with Gasteiger partial charge in [0.05, 0.1) is 5.88 Å². The van der Waals surface area contributed by atoms with E-state index in [2.05, 4.69) is 11.2 Å². The molecule has 17 heavy (non-hydrogen) atoms. The van der Waals surface area contributed by atoms with Gasteiger partial charge in [0, 0.05) is 42.8 Å². The number of hydrogen-bond donors (Lipinski definition) is 1. The third-order valence-electron chi connectivity index (χ3n) is 3.31. The highest BCUT2D eigenvalue weighted by Crippen LogP contribution is 2.17. The van der Waals surface area contributed by atoms with E-state index in [0.29, 0.717) is 5.88 Å².